The summed E-state index contributed by atoms with van der Waals surface area (Å²) < 4.78 is 5.80. The SMILES string of the molecule is CNC(C)c1ccc(N(C)CC2CCCCO2)cc1Cl. The number of hydrogen-bond acceptors (Lipinski definition) is 3. The van der Waals surface area contributed by atoms with Crippen molar-refractivity contribution >= 4 is 17.3 Å². The van der Waals surface area contributed by atoms with Crippen LogP contribution in [-0.4, -0.2) is 33.4 Å². The Morgan fingerprint density at radius 1 is 1.45 bits per heavy atom. The van der Waals surface area contributed by atoms with Gasteiger partial charge in [0.25, 0.3) is 0 Å². The Kier molecular flexibility index (Phi) is 5.70. The Bertz CT molecular complexity index is 432. The molecule has 1 aliphatic rings. The molecule has 2 unspecified atom stereocenters. The summed E-state index contributed by atoms with van der Waals surface area (Å²) in [4.78, 5) is 2.23. The lowest BCUT2D eigenvalue weighted by Crippen LogP contribution is -2.33. The molecule has 0 spiro atoms. The van der Waals surface area contributed by atoms with E-state index in [0.29, 0.717) is 6.10 Å². The fraction of sp³-hybridized carbons (Fsp3) is 0.625. The van der Waals surface area contributed by atoms with Crippen LogP contribution in [0.15, 0.2) is 18.2 Å². The predicted octanol–water partition coefficient (Wildman–Crippen LogP) is 3.63. The lowest BCUT2D eigenvalue weighted by atomic mass is 10.1. The van der Waals surface area contributed by atoms with E-state index >= 15 is 0 Å². The molecule has 2 atom stereocenters. The average Bonchev–Trinajstić information content (AvgIpc) is 2.47. The summed E-state index contributed by atoms with van der Waals surface area (Å²) >= 11 is 6.39. The molecular formula is C16H25ClN2O. The minimum atomic E-state index is 0.267. The highest BCUT2D eigenvalue weighted by Gasteiger charge is 2.17. The van der Waals surface area contributed by atoms with Crippen LogP contribution in [-0.2, 0) is 4.74 Å². The summed E-state index contributed by atoms with van der Waals surface area (Å²) in [6, 6.07) is 6.56. The largest absolute Gasteiger partial charge is 0.376 e. The third-order valence-corrected chi connectivity index (χ3v) is 4.40. The van der Waals surface area contributed by atoms with Gasteiger partial charge in [-0.25, -0.2) is 0 Å². The van der Waals surface area contributed by atoms with Crippen LogP contribution in [0.25, 0.3) is 0 Å². The smallest absolute Gasteiger partial charge is 0.0749 e. The zero-order valence-corrected chi connectivity index (χ0v) is 13.4. The van der Waals surface area contributed by atoms with E-state index in [2.05, 4.69) is 36.3 Å². The number of nitrogens with zero attached hydrogens (tertiary/aromatic N) is 1. The summed E-state index contributed by atoms with van der Waals surface area (Å²) in [6.07, 6.45) is 3.98. The van der Waals surface area contributed by atoms with E-state index in [1.165, 1.54) is 12.8 Å². The van der Waals surface area contributed by atoms with Gasteiger partial charge >= 0.3 is 0 Å². The second kappa shape index (κ2) is 7.30. The zero-order chi connectivity index (χ0) is 14.5. The molecule has 1 saturated heterocycles. The number of nitrogens with one attached hydrogen (secondary N) is 1. The van der Waals surface area contributed by atoms with Crippen LogP contribution in [0.4, 0.5) is 5.69 Å². The summed E-state index contributed by atoms with van der Waals surface area (Å²) in [5, 5.41) is 4.04. The number of benzene rings is 1. The molecule has 1 heterocycles. The Balaban J connectivity index is 2.02. The van der Waals surface area contributed by atoms with Crippen LogP contribution < -0.4 is 10.2 Å². The first-order valence-corrected chi connectivity index (χ1v) is 7.79. The lowest BCUT2D eigenvalue weighted by molar-refractivity contribution is 0.0216. The van der Waals surface area contributed by atoms with Gasteiger partial charge in [-0.15, -0.1) is 0 Å². The van der Waals surface area contributed by atoms with Crippen LogP contribution >= 0.6 is 11.6 Å². The highest BCUT2D eigenvalue weighted by Crippen LogP contribution is 2.28. The van der Waals surface area contributed by atoms with Crippen molar-refractivity contribution in [2.45, 2.75) is 38.3 Å². The molecule has 0 bridgehead atoms. The molecule has 1 fully saturated rings. The van der Waals surface area contributed by atoms with Gasteiger partial charge in [-0.05, 0) is 50.9 Å². The normalized spacial score (nSPS) is 20.7. The van der Waals surface area contributed by atoms with E-state index < -0.39 is 0 Å². The molecule has 0 amide bonds. The number of halogens is 1. The van der Waals surface area contributed by atoms with Crippen LogP contribution in [0, 0.1) is 0 Å². The highest BCUT2D eigenvalue weighted by atomic mass is 35.5. The monoisotopic (exact) mass is 296 g/mol. The minimum Gasteiger partial charge on any atom is -0.376 e. The number of anilines is 1. The van der Waals surface area contributed by atoms with Gasteiger partial charge in [0.05, 0.1) is 6.10 Å². The van der Waals surface area contributed by atoms with Gasteiger partial charge in [-0.2, -0.15) is 0 Å². The predicted molar refractivity (Wildman–Crippen MR) is 85.8 cm³/mol. The maximum absolute atomic E-state index is 6.39. The van der Waals surface area contributed by atoms with E-state index in [0.717, 1.165) is 35.8 Å². The first-order valence-electron chi connectivity index (χ1n) is 7.41. The molecule has 0 aliphatic carbocycles. The molecule has 3 nitrogen and oxygen atoms in total. The molecule has 1 aliphatic heterocycles. The van der Waals surface area contributed by atoms with E-state index in [9.17, 15) is 0 Å². The van der Waals surface area contributed by atoms with Crippen LogP contribution in [0.5, 0.6) is 0 Å². The van der Waals surface area contributed by atoms with Crippen molar-refractivity contribution < 1.29 is 4.74 Å². The van der Waals surface area contributed by atoms with Gasteiger partial charge in [0.1, 0.15) is 0 Å². The van der Waals surface area contributed by atoms with Crippen molar-refractivity contribution in [2.75, 3.05) is 32.1 Å². The van der Waals surface area contributed by atoms with Crippen LogP contribution in [0.1, 0.15) is 37.8 Å². The van der Waals surface area contributed by atoms with Crippen molar-refractivity contribution in [3.05, 3.63) is 28.8 Å². The maximum atomic E-state index is 6.39. The van der Waals surface area contributed by atoms with Gasteiger partial charge in [0.15, 0.2) is 0 Å². The standard InChI is InChI=1S/C16H25ClN2O/c1-12(18-2)15-8-7-13(10-16(15)17)19(3)11-14-6-4-5-9-20-14/h7-8,10,12,14,18H,4-6,9,11H2,1-3H3. The van der Waals surface area contributed by atoms with Gasteiger partial charge in [-0.1, -0.05) is 17.7 Å². The molecule has 0 aromatic heterocycles. The lowest BCUT2D eigenvalue weighted by Gasteiger charge is -2.29. The molecule has 1 aromatic carbocycles. The fourth-order valence-electron chi connectivity index (χ4n) is 2.62. The molecule has 0 radical (unpaired) electrons. The second-order valence-electron chi connectivity index (χ2n) is 5.59. The van der Waals surface area contributed by atoms with E-state index in [4.69, 9.17) is 16.3 Å². The minimum absolute atomic E-state index is 0.267. The first kappa shape index (κ1) is 15.6. The molecule has 1 aromatic rings. The Morgan fingerprint density at radius 3 is 2.85 bits per heavy atom. The van der Waals surface area contributed by atoms with Crippen molar-refractivity contribution in [1.82, 2.24) is 5.32 Å². The Labute approximate surface area is 127 Å². The molecule has 2 rings (SSSR count). The third kappa shape index (κ3) is 3.87. The second-order valence-corrected chi connectivity index (χ2v) is 5.99. The summed E-state index contributed by atoms with van der Waals surface area (Å²) in [7, 11) is 4.05. The molecule has 0 saturated carbocycles. The summed E-state index contributed by atoms with van der Waals surface area (Å²) in [6.45, 7) is 3.94. The van der Waals surface area contributed by atoms with Crippen LogP contribution in [0.2, 0.25) is 5.02 Å². The van der Waals surface area contributed by atoms with Gasteiger partial charge in [0.2, 0.25) is 0 Å². The molecule has 4 heteroatoms. The topological polar surface area (TPSA) is 24.5 Å². The maximum Gasteiger partial charge on any atom is 0.0749 e. The Morgan fingerprint density at radius 2 is 2.25 bits per heavy atom. The van der Waals surface area contributed by atoms with E-state index in [-0.39, 0.29) is 6.04 Å². The van der Waals surface area contributed by atoms with E-state index in [1.807, 2.05) is 13.1 Å². The summed E-state index contributed by atoms with van der Waals surface area (Å²) in [5.41, 5.74) is 2.29. The van der Waals surface area contributed by atoms with Gasteiger partial charge in [-0.3, -0.25) is 0 Å². The average molecular weight is 297 g/mol. The number of rotatable bonds is 5. The number of ether oxygens (including phenoxy) is 1. The van der Waals surface area contributed by atoms with Gasteiger partial charge < -0.3 is 15.0 Å². The van der Waals surface area contributed by atoms with Gasteiger partial charge in [0, 0.05) is 37.0 Å². The molecule has 112 valence electrons. The molecular weight excluding hydrogens is 272 g/mol. The van der Waals surface area contributed by atoms with Crippen molar-refractivity contribution in [3.8, 4) is 0 Å². The number of likely N-dealkylation sites (N-methyl/N-ethyl adjacent to an activating group) is 1. The van der Waals surface area contributed by atoms with E-state index in [1.54, 1.807) is 0 Å². The van der Waals surface area contributed by atoms with Crippen molar-refractivity contribution in [3.63, 3.8) is 0 Å². The fourth-order valence-corrected chi connectivity index (χ4v) is 2.96. The zero-order valence-electron chi connectivity index (χ0n) is 12.7. The van der Waals surface area contributed by atoms with Crippen molar-refractivity contribution in [1.29, 1.82) is 0 Å². The van der Waals surface area contributed by atoms with Crippen LogP contribution in [0.3, 0.4) is 0 Å². The first-order chi connectivity index (χ1) is 9.61. The van der Waals surface area contributed by atoms with Crippen molar-refractivity contribution in [2.24, 2.45) is 0 Å². The third-order valence-electron chi connectivity index (χ3n) is 4.08. The quantitative estimate of drug-likeness (QED) is 0.898. The Hall–Kier alpha value is -0.770. The number of hydrogen-bond donors (Lipinski definition) is 1. The summed E-state index contributed by atoms with van der Waals surface area (Å²) in [5.74, 6) is 0. The highest BCUT2D eigenvalue weighted by molar-refractivity contribution is 6.31. The molecule has 20 heavy (non-hydrogen) atoms. The molecule has 1 N–H and O–H groups in total.